The molecule has 4 heterocycles. The van der Waals surface area contributed by atoms with Crippen LogP contribution in [0.25, 0.3) is 60.6 Å². The number of rotatable bonds is 4. The summed E-state index contributed by atoms with van der Waals surface area (Å²) in [6.07, 6.45) is 0. The summed E-state index contributed by atoms with van der Waals surface area (Å²) < 4.78 is 9.08. The van der Waals surface area contributed by atoms with Gasteiger partial charge in [-0.2, -0.15) is 0 Å². The van der Waals surface area contributed by atoms with Crippen LogP contribution < -0.4 is 26.2 Å². The fraction of sp³-hybridized carbons (Fsp3) is 0.194. The zero-order valence-electron chi connectivity index (χ0n) is 43.1. The highest BCUT2D eigenvalue weighted by molar-refractivity contribution is 7.00. The van der Waals surface area contributed by atoms with Crippen LogP contribution in [0, 0.1) is 6.92 Å². The van der Waals surface area contributed by atoms with Gasteiger partial charge in [0, 0.05) is 66.9 Å². The van der Waals surface area contributed by atoms with Crippen molar-refractivity contribution in [3.63, 3.8) is 0 Å². The number of aromatic nitrogens is 1. The lowest BCUT2D eigenvalue weighted by molar-refractivity contribution is 0.586. The molecule has 0 aliphatic carbocycles. The number of hydrogen-bond acceptors (Lipinski definition) is 3. The molecular formula is C67H60BN3O. The number of fused-ring (bicyclic) bond motifs is 10. The lowest BCUT2D eigenvalue weighted by Gasteiger charge is -2.46. The van der Waals surface area contributed by atoms with Crippen molar-refractivity contribution in [1.29, 1.82) is 0 Å². The van der Waals surface area contributed by atoms with Gasteiger partial charge >= 0.3 is 0 Å². The van der Waals surface area contributed by atoms with Gasteiger partial charge in [0.1, 0.15) is 11.2 Å². The smallest absolute Gasteiger partial charge is 0.252 e. The molecule has 11 aromatic rings. The average Bonchev–Trinajstić information content (AvgIpc) is 3.91. The molecule has 13 rings (SSSR count). The molecule has 0 spiro atoms. The molecule has 352 valence electrons. The normalized spacial score (nSPS) is 13.6. The van der Waals surface area contributed by atoms with Gasteiger partial charge in [-0.25, -0.2) is 0 Å². The van der Waals surface area contributed by atoms with Gasteiger partial charge in [0.15, 0.2) is 0 Å². The van der Waals surface area contributed by atoms with E-state index in [1.807, 2.05) is 6.07 Å². The van der Waals surface area contributed by atoms with Crippen molar-refractivity contribution in [2.45, 2.75) is 85.5 Å². The Bertz CT molecular complexity index is 3990. The maximum Gasteiger partial charge on any atom is 0.252 e. The molecule has 0 atom stereocenters. The summed E-state index contributed by atoms with van der Waals surface area (Å²) in [6, 6.07) is 68.3. The van der Waals surface area contributed by atoms with Crippen molar-refractivity contribution in [2.75, 3.05) is 9.80 Å². The van der Waals surface area contributed by atoms with E-state index in [4.69, 9.17) is 4.42 Å². The molecule has 5 heteroatoms. The summed E-state index contributed by atoms with van der Waals surface area (Å²) in [5.41, 5.74) is 23.8. The molecule has 0 amide bonds. The number of benzene rings is 9. The first kappa shape index (κ1) is 44.2. The lowest BCUT2D eigenvalue weighted by atomic mass is 9.33. The maximum atomic E-state index is 6.58. The summed E-state index contributed by atoms with van der Waals surface area (Å²) >= 11 is 0. The highest BCUT2D eigenvalue weighted by Crippen LogP contribution is 2.50. The first-order valence-electron chi connectivity index (χ1n) is 25.7. The highest BCUT2D eigenvalue weighted by Gasteiger charge is 2.46. The second kappa shape index (κ2) is 15.6. The molecule has 0 N–H and O–H groups in total. The molecule has 2 aliphatic heterocycles. The minimum Gasteiger partial charge on any atom is -0.455 e. The Balaban J connectivity index is 1.12. The van der Waals surface area contributed by atoms with Crippen LogP contribution in [0.2, 0.25) is 0 Å². The molecule has 0 saturated heterocycles. The summed E-state index contributed by atoms with van der Waals surface area (Å²) in [7, 11) is 0. The van der Waals surface area contributed by atoms with Crippen molar-refractivity contribution in [3.05, 3.63) is 204 Å². The van der Waals surface area contributed by atoms with E-state index in [0.29, 0.717) is 0 Å². The maximum absolute atomic E-state index is 6.58. The molecule has 0 saturated carbocycles. The van der Waals surface area contributed by atoms with Crippen LogP contribution in [0.3, 0.4) is 0 Å². The van der Waals surface area contributed by atoms with Crippen molar-refractivity contribution in [1.82, 2.24) is 4.57 Å². The monoisotopic (exact) mass is 933 g/mol. The fourth-order valence-electron chi connectivity index (χ4n) is 12.2. The van der Waals surface area contributed by atoms with Crippen molar-refractivity contribution < 1.29 is 4.42 Å². The molecular weight excluding hydrogens is 874 g/mol. The highest BCUT2D eigenvalue weighted by atomic mass is 16.3. The SMILES string of the molecule is Cc1c(C(C)(C)C)cc2c3c1N(c1ccc(-c4cccc5c4oc4ccccc45)cc1)c1cc(C(C)(C)C)ccc1B3c1cc3c(cc1N2c1ccccc1)c1cc(C(C)(C)C)ccc1n3-c1ccccc1. The Morgan fingerprint density at radius 3 is 1.75 bits per heavy atom. The molecule has 4 nitrogen and oxygen atoms in total. The van der Waals surface area contributed by atoms with Crippen LogP contribution in [0.15, 0.2) is 186 Å². The van der Waals surface area contributed by atoms with Gasteiger partial charge in [0.2, 0.25) is 0 Å². The number of nitrogens with zero attached hydrogens (tertiary/aromatic N) is 3. The molecule has 0 bridgehead atoms. The largest absolute Gasteiger partial charge is 0.455 e. The van der Waals surface area contributed by atoms with Crippen molar-refractivity contribution in [3.8, 4) is 16.8 Å². The number of furan rings is 1. The Morgan fingerprint density at radius 1 is 0.431 bits per heavy atom. The van der Waals surface area contributed by atoms with Crippen LogP contribution in [0.4, 0.5) is 34.1 Å². The van der Waals surface area contributed by atoms with Gasteiger partial charge in [-0.05, 0) is 146 Å². The Labute approximate surface area is 424 Å². The second-order valence-corrected chi connectivity index (χ2v) is 23.5. The van der Waals surface area contributed by atoms with Crippen molar-refractivity contribution in [2.24, 2.45) is 0 Å². The number of anilines is 6. The topological polar surface area (TPSA) is 24.6 Å². The predicted molar refractivity (Wildman–Crippen MR) is 308 cm³/mol. The average molecular weight is 934 g/mol. The summed E-state index contributed by atoms with van der Waals surface area (Å²) in [5, 5.41) is 4.80. The molecule has 72 heavy (non-hydrogen) atoms. The van der Waals surface area contributed by atoms with Crippen LogP contribution >= 0.6 is 0 Å². The van der Waals surface area contributed by atoms with E-state index in [9.17, 15) is 0 Å². The second-order valence-electron chi connectivity index (χ2n) is 23.5. The summed E-state index contributed by atoms with van der Waals surface area (Å²) in [4.78, 5) is 5.19. The van der Waals surface area contributed by atoms with Crippen LogP contribution in [0.5, 0.6) is 0 Å². The van der Waals surface area contributed by atoms with Crippen molar-refractivity contribution >= 4 is 101 Å². The van der Waals surface area contributed by atoms with Crippen LogP contribution in [0.1, 0.15) is 84.6 Å². The Kier molecular flexibility index (Phi) is 9.59. The summed E-state index contributed by atoms with van der Waals surface area (Å²) in [5.74, 6) is 0. The standard InChI is InChI=1S/C67H60BN3O/c1-41-53(67(8,9)10)39-60-62-63(41)71(47-32-28-42(29-33-47)48-25-19-26-50-49-24-17-18-27-61(49)72-64(48)50)58-37-44(66(5,6)7)30-34-54(58)68(62)55-40-57-52(38-59(55)70(60)46-22-15-12-16-23-46)51-36-43(65(2,3)4)31-35-56(51)69(57)45-20-13-11-14-21-45/h11-40H,1-10H3. The molecule has 0 fully saturated rings. The van der Waals surface area contributed by atoms with Gasteiger partial charge < -0.3 is 18.8 Å². The van der Waals surface area contributed by atoms with Crippen LogP contribution in [-0.2, 0) is 16.2 Å². The van der Waals surface area contributed by atoms with Crippen LogP contribution in [-0.4, -0.2) is 11.3 Å². The van der Waals surface area contributed by atoms with Gasteiger partial charge in [-0.15, -0.1) is 0 Å². The van der Waals surface area contributed by atoms with E-state index in [1.54, 1.807) is 0 Å². The Morgan fingerprint density at radius 2 is 1.04 bits per heavy atom. The molecule has 2 aliphatic rings. The zero-order chi connectivity index (χ0) is 49.6. The third-order valence-corrected chi connectivity index (χ3v) is 15.8. The number of para-hydroxylation sites is 4. The molecule has 2 aromatic heterocycles. The predicted octanol–water partition coefficient (Wildman–Crippen LogP) is 16.6. The first-order valence-corrected chi connectivity index (χ1v) is 25.7. The lowest BCUT2D eigenvalue weighted by Crippen LogP contribution is -2.61. The van der Waals surface area contributed by atoms with E-state index in [1.165, 1.54) is 83.2 Å². The quantitative estimate of drug-likeness (QED) is 0.164. The summed E-state index contributed by atoms with van der Waals surface area (Å²) in [6.45, 7) is 23.4. The molecule has 0 unspecified atom stereocenters. The third-order valence-electron chi connectivity index (χ3n) is 15.8. The van der Waals surface area contributed by atoms with Gasteiger partial charge in [-0.3, -0.25) is 0 Å². The van der Waals surface area contributed by atoms with Gasteiger partial charge in [-0.1, -0.05) is 165 Å². The van der Waals surface area contributed by atoms with Gasteiger partial charge in [0.05, 0.1) is 11.0 Å². The van der Waals surface area contributed by atoms with E-state index in [0.717, 1.165) is 50.1 Å². The van der Waals surface area contributed by atoms with E-state index in [-0.39, 0.29) is 23.0 Å². The minimum atomic E-state index is -0.154. The first-order chi connectivity index (χ1) is 34.5. The zero-order valence-corrected chi connectivity index (χ0v) is 43.1. The molecule has 0 radical (unpaired) electrons. The van der Waals surface area contributed by atoms with Gasteiger partial charge in [0.25, 0.3) is 6.71 Å². The molecule has 9 aromatic carbocycles. The van der Waals surface area contributed by atoms with E-state index < -0.39 is 0 Å². The number of hydrogen-bond donors (Lipinski definition) is 0. The van der Waals surface area contributed by atoms with E-state index >= 15 is 0 Å². The fourth-order valence-corrected chi connectivity index (χ4v) is 12.2. The Hall–Kier alpha value is -7.76. The third kappa shape index (κ3) is 6.66. The van der Waals surface area contributed by atoms with E-state index in [2.05, 4.69) is 260 Å². The minimum absolute atomic E-state index is 0.0112.